The van der Waals surface area contributed by atoms with Gasteiger partial charge >= 0.3 is 23.1 Å². The molecule has 0 amide bonds. The van der Waals surface area contributed by atoms with Gasteiger partial charge in [0.25, 0.3) is 0 Å². The molecule has 0 spiro atoms. The van der Waals surface area contributed by atoms with Gasteiger partial charge in [-0.25, -0.2) is 0 Å². The van der Waals surface area contributed by atoms with Gasteiger partial charge in [0.2, 0.25) is 0 Å². The van der Waals surface area contributed by atoms with Crippen molar-refractivity contribution >= 4 is 35.0 Å². The summed E-state index contributed by atoms with van der Waals surface area (Å²) in [6.45, 7) is 13.0. The Morgan fingerprint density at radius 3 is 1.09 bits per heavy atom. The maximum absolute atomic E-state index is 10.0. The minimum atomic E-state index is -0.932. The Labute approximate surface area is 158 Å². The molecule has 0 N–H and O–H groups in total. The van der Waals surface area contributed by atoms with Crippen LogP contribution < -0.4 is 10.2 Å². The summed E-state index contributed by atoms with van der Waals surface area (Å²) in [7, 11) is 0. The summed E-state index contributed by atoms with van der Waals surface area (Å²) < 4.78 is 0. The average Bonchev–Trinajstić information content (AvgIpc) is 2.28. The van der Waals surface area contributed by atoms with E-state index in [4.69, 9.17) is 0 Å². The molecule has 0 bridgehead atoms. The molecule has 0 saturated heterocycles. The largest absolute Gasteiger partial charge is 2.00 e. The first kappa shape index (κ1) is 27.5. The number of unbranched alkanes of at least 4 members (excludes halogenated alkanes) is 2. The van der Waals surface area contributed by atoms with Gasteiger partial charge in [-0.2, -0.15) is 0 Å². The minimum Gasteiger partial charge on any atom is -0.550 e. The van der Waals surface area contributed by atoms with Crippen molar-refractivity contribution in [3.05, 3.63) is 0 Å². The minimum absolute atomic E-state index is 0. The molecule has 4 nitrogen and oxygen atoms in total. The van der Waals surface area contributed by atoms with Crippen LogP contribution >= 0.6 is 0 Å². The van der Waals surface area contributed by atoms with Crippen LogP contribution in [-0.2, 0) is 9.59 Å². The Morgan fingerprint density at radius 2 is 0.913 bits per heavy atom. The van der Waals surface area contributed by atoms with Crippen molar-refractivity contribution in [3.63, 3.8) is 0 Å². The second-order valence-electron chi connectivity index (χ2n) is 8.28. The summed E-state index contributed by atoms with van der Waals surface area (Å²) in [6, 6.07) is 0. The summed E-state index contributed by atoms with van der Waals surface area (Å²) in [5, 5.41) is 20.0. The van der Waals surface area contributed by atoms with E-state index in [1.54, 1.807) is 0 Å². The summed E-state index contributed by atoms with van der Waals surface area (Å²) in [5.41, 5.74) is 0.651. The number of carboxylic acids is 2. The van der Waals surface area contributed by atoms with Crippen LogP contribution in [-0.4, -0.2) is 35.0 Å². The van der Waals surface area contributed by atoms with Crippen LogP contribution in [0.25, 0.3) is 0 Å². The molecule has 0 atom stereocenters. The standard InChI is InChI=1S/2C9H18O2.Mg/c2*1-9(2,3)7-5-4-6-8(10)11;/h2*4-7H2,1-3H3,(H,10,11);/q;;+2/p-2. The maximum Gasteiger partial charge on any atom is 2.00 e. The SMILES string of the molecule is CC(C)(C)CCCCC(=O)[O-].CC(C)(C)CCCCC(=O)[O-].[Mg+2]. The van der Waals surface area contributed by atoms with E-state index in [2.05, 4.69) is 41.5 Å². The van der Waals surface area contributed by atoms with Gasteiger partial charge in [0.15, 0.2) is 0 Å². The number of rotatable bonds is 8. The van der Waals surface area contributed by atoms with Crippen molar-refractivity contribution in [1.29, 1.82) is 0 Å². The van der Waals surface area contributed by atoms with E-state index >= 15 is 0 Å². The molecular formula is C18H34MgO4. The molecule has 132 valence electrons. The molecule has 0 aliphatic rings. The molecule has 0 rings (SSSR count). The number of aliphatic carboxylic acids is 2. The van der Waals surface area contributed by atoms with Gasteiger partial charge in [-0.3, -0.25) is 0 Å². The quantitative estimate of drug-likeness (QED) is 0.502. The van der Waals surface area contributed by atoms with E-state index in [0.29, 0.717) is 10.8 Å². The van der Waals surface area contributed by atoms with Crippen LogP contribution in [0.5, 0.6) is 0 Å². The van der Waals surface area contributed by atoms with Crippen molar-refractivity contribution < 1.29 is 19.8 Å². The predicted molar refractivity (Wildman–Crippen MR) is 91.6 cm³/mol. The Balaban J connectivity index is -0.000000333. The second kappa shape index (κ2) is 14.1. The smallest absolute Gasteiger partial charge is 0.550 e. The Kier molecular flexibility index (Phi) is 16.9. The van der Waals surface area contributed by atoms with Gasteiger partial charge in [0.1, 0.15) is 0 Å². The summed E-state index contributed by atoms with van der Waals surface area (Å²) >= 11 is 0. The molecule has 0 fully saturated rings. The first-order chi connectivity index (χ1) is 9.83. The van der Waals surface area contributed by atoms with Gasteiger partial charge in [-0.1, -0.05) is 54.4 Å². The van der Waals surface area contributed by atoms with Crippen molar-refractivity contribution in [2.45, 2.75) is 92.9 Å². The van der Waals surface area contributed by atoms with Crippen LogP contribution in [0.3, 0.4) is 0 Å². The predicted octanol–water partition coefficient (Wildman–Crippen LogP) is 2.30. The molecule has 0 radical (unpaired) electrons. The van der Waals surface area contributed by atoms with Gasteiger partial charge in [0, 0.05) is 11.9 Å². The molecule has 0 unspecified atom stereocenters. The third-order valence-corrected chi connectivity index (χ3v) is 3.12. The third-order valence-electron chi connectivity index (χ3n) is 3.12. The summed E-state index contributed by atoms with van der Waals surface area (Å²) in [4.78, 5) is 20.0. The molecular weight excluding hydrogens is 304 g/mol. The zero-order valence-corrected chi connectivity index (χ0v) is 17.4. The number of hydrogen-bond donors (Lipinski definition) is 0. The molecule has 0 aromatic carbocycles. The van der Waals surface area contributed by atoms with Gasteiger partial charge < -0.3 is 19.8 Å². The van der Waals surface area contributed by atoms with Crippen LogP contribution in [0.2, 0.25) is 0 Å². The fourth-order valence-corrected chi connectivity index (χ4v) is 1.85. The van der Waals surface area contributed by atoms with Gasteiger partial charge in [-0.15, -0.1) is 0 Å². The number of carboxylic acid groups (broad SMARTS) is 2. The Bertz CT molecular complexity index is 282. The number of hydrogen-bond acceptors (Lipinski definition) is 4. The molecule has 0 heterocycles. The molecule has 0 aliphatic heterocycles. The van der Waals surface area contributed by atoms with E-state index in [1.165, 1.54) is 0 Å². The van der Waals surface area contributed by atoms with E-state index < -0.39 is 11.9 Å². The van der Waals surface area contributed by atoms with Crippen LogP contribution in [0.1, 0.15) is 92.9 Å². The maximum atomic E-state index is 10.0. The molecule has 0 saturated carbocycles. The topological polar surface area (TPSA) is 80.3 Å². The summed E-state index contributed by atoms with van der Waals surface area (Å²) in [5.74, 6) is -1.86. The van der Waals surface area contributed by atoms with Crippen molar-refractivity contribution in [2.24, 2.45) is 10.8 Å². The number of carbonyl (C=O) groups excluding carboxylic acids is 2. The van der Waals surface area contributed by atoms with Gasteiger partial charge in [0.05, 0.1) is 0 Å². The first-order valence-corrected chi connectivity index (χ1v) is 8.23. The van der Waals surface area contributed by atoms with E-state index in [9.17, 15) is 19.8 Å². The normalized spacial score (nSPS) is 11.0. The first-order valence-electron chi connectivity index (χ1n) is 8.23. The van der Waals surface area contributed by atoms with Crippen LogP contribution in [0.4, 0.5) is 0 Å². The van der Waals surface area contributed by atoms with E-state index in [-0.39, 0.29) is 35.9 Å². The van der Waals surface area contributed by atoms with Crippen molar-refractivity contribution in [3.8, 4) is 0 Å². The number of carbonyl (C=O) groups is 2. The second-order valence-corrected chi connectivity index (χ2v) is 8.28. The Morgan fingerprint density at radius 1 is 0.652 bits per heavy atom. The Hall–Kier alpha value is -0.294. The van der Waals surface area contributed by atoms with Crippen LogP contribution in [0.15, 0.2) is 0 Å². The molecule has 5 heteroatoms. The van der Waals surface area contributed by atoms with Crippen molar-refractivity contribution in [2.75, 3.05) is 0 Å². The van der Waals surface area contributed by atoms with Gasteiger partial charge in [-0.05, 0) is 49.4 Å². The van der Waals surface area contributed by atoms with E-state index in [0.717, 1.165) is 38.5 Å². The monoisotopic (exact) mass is 338 g/mol. The third kappa shape index (κ3) is 34.2. The molecule has 0 aromatic heterocycles. The van der Waals surface area contributed by atoms with Crippen molar-refractivity contribution in [1.82, 2.24) is 0 Å². The molecule has 23 heavy (non-hydrogen) atoms. The van der Waals surface area contributed by atoms with E-state index in [1.807, 2.05) is 0 Å². The average molecular weight is 339 g/mol. The van der Waals surface area contributed by atoms with Crippen LogP contribution in [0, 0.1) is 10.8 Å². The fraction of sp³-hybridized carbons (Fsp3) is 0.889. The molecule has 0 aromatic rings. The summed E-state index contributed by atoms with van der Waals surface area (Å²) in [6.07, 6.45) is 6.04. The fourth-order valence-electron chi connectivity index (χ4n) is 1.85. The molecule has 0 aliphatic carbocycles. The zero-order valence-electron chi connectivity index (χ0n) is 16.0. The zero-order chi connectivity index (χ0) is 17.8.